The van der Waals surface area contributed by atoms with E-state index in [9.17, 15) is 14.4 Å². The molecule has 7 nitrogen and oxygen atoms in total. The average molecular weight is 360 g/mol. The number of nitrogens with zero attached hydrogens (tertiary/aromatic N) is 4. The fraction of sp³-hybridized carbons (Fsp3) is 0.684. The summed E-state index contributed by atoms with van der Waals surface area (Å²) in [5, 5.41) is 0. The van der Waals surface area contributed by atoms with Crippen molar-refractivity contribution in [2.24, 2.45) is 5.41 Å². The lowest BCUT2D eigenvalue weighted by Gasteiger charge is -2.48. The third-order valence-corrected chi connectivity index (χ3v) is 5.78. The molecular formula is C19H28N4O3. The molecule has 7 heteroatoms. The van der Waals surface area contributed by atoms with Gasteiger partial charge in [0.05, 0.1) is 0 Å². The van der Waals surface area contributed by atoms with Crippen LogP contribution in [-0.4, -0.2) is 57.3 Å². The SMILES string of the molecule is CCN1C[C@]2(CCCN(C(=O)Cn3c(C)cc(C)nc3=O)C2)CCC1=O. The molecule has 2 fully saturated rings. The van der Waals surface area contributed by atoms with Crippen molar-refractivity contribution in [2.45, 2.75) is 53.0 Å². The molecule has 0 radical (unpaired) electrons. The summed E-state index contributed by atoms with van der Waals surface area (Å²) in [6, 6.07) is 1.82. The largest absolute Gasteiger partial charge is 0.348 e. The van der Waals surface area contributed by atoms with Crippen LogP contribution in [0.25, 0.3) is 0 Å². The van der Waals surface area contributed by atoms with Gasteiger partial charge in [-0.2, -0.15) is 4.98 Å². The van der Waals surface area contributed by atoms with Crippen LogP contribution in [0.5, 0.6) is 0 Å². The number of likely N-dealkylation sites (tertiary alicyclic amines) is 2. The highest BCUT2D eigenvalue weighted by Gasteiger charge is 2.42. The number of hydrogen-bond acceptors (Lipinski definition) is 4. The lowest BCUT2D eigenvalue weighted by Crippen LogP contribution is -2.55. The van der Waals surface area contributed by atoms with Crippen LogP contribution in [0.2, 0.25) is 0 Å². The van der Waals surface area contributed by atoms with Gasteiger partial charge in [0.2, 0.25) is 11.8 Å². The molecule has 3 rings (SSSR count). The summed E-state index contributed by atoms with van der Waals surface area (Å²) in [4.78, 5) is 44.7. The Morgan fingerprint density at radius 1 is 1.23 bits per heavy atom. The van der Waals surface area contributed by atoms with Gasteiger partial charge in [0, 0.05) is 49.4 Å². The minimum atomic E-state index is -0.372. The highest BCUT2D eigenvalue weighted by molar-refractivity contribution is 5.78. The van der Waals surface area contributed by atoms with Crippen molar-refractivity contribution in [3.63, 3.8) is 0 Å². The average Bonchev–Trinajstić information content (AvgIpc) is 2.60. The van der Waals surface area contributed by atoms with Crippen molar-refractivity contribution in [3.8, 4) is 0 Å². The van der Waals surface area contributed by atoms with Crippen LogP contribution in [0.1, 0.15) is 44.0 Å². The summed E-state index contributed by atoms with van der Waals surface area (Å²) in [5.41, 5.74) is 1.05. The predicted molar refractivity (Wildman–Crippen MR) is 97.7 cm³/mol. The molecule has 0 saturated carbocycles. The van der Waals surface area contributed by atoms with Crippen LogP contribution in [0.3, 0.4) is 0 Å². The lowest BCUT2D eigenvalue weighted by atomic mass is 9.73. The first kappa shape index (κ1) is 18.6. The highest BCUT2D eigenvalue weighted by atomic mass is 16.2. The molecule has 1 atom stereocenters. The predicted octanol–water partition coefficient (Wildman–Crippen LogP) is 1.11. The quantitative estimate of drug-likeness (QED) is 0.809. The topological polar surface area (TPSA) is 75.5 Å². The molecule has 142 valence electrons. The second-order valence-corrected chi connectivity index (χ2v) is 7.73. The van der Waals surface area contributed by atoms with Crippen molar-refractivity contribution < 1.29 is 9.59 Å². The van der Waals surface area contributed by atoms with Crippen molar-refractivity contribution in [3.05, 3.63) is 27.9 Å². The van der Waals surface area contributed by atoms with Crippen molar-refractivity contribution in [1.29, 1.82) is 0 Å². The van der Waals surface area contributed by atoms with E-state index in [4.69, 9.17) is 0 Å². The van der Waals surface area contributed by atoms with Gasteiger partial charge < -0.3 is 9.80 Å². The summed E-state index contributed by atoms with van der Waals surface area (Å²) in [6.07, 6.45) is 3.40. The smallest absolute Gasteiger partial charge is 0.342 e. The van der Waals surface area contributed by atoms with Gasteiger partial charge in [-0.1, -0.05) is 0 Å². The van der Waals surface area contributed by atoms with Gasteiger partial charge in [-0.15, -0.1) is 0 Å². The third-order valence-electron chi connectivity index (χ3n) is 5.78. The maximum atomic E-state index is 12.9. The molecule has 1 aromatic rings. The monoisotopic (exact) mass is 360 g/mol. The van der Waals surface area contributed by atoms with Crippen LogP contribution in [-0.2, 0) is 16.1 Å². The zero-order valence-corrected chi connectivity index (χ0v) is 16.0. The molecule has 0 N–H and O–H groups in total. The number of aromatic nitrogens is 2. The molecule has 1 spiro atoms. The van der Waals surface area contributed by atoms with E-state index in [1.807, 2.05) is 29.7 Å². The summed E-state index contributed by atoms with van der Waals surface area (Å²) in [6.45, 7) is 8.48. The first-order valence-corrected chi connectivity index (χ1v) is 9.44. The second kappa shape index (κ2) is 7.21. The van der Waals surface area contributed by atoms with Crippen LogP contribution >= 0.6 is 0 Å². The Morgan fingerprint density at radius 2 is 2.00 bits per heavy atom. The molecular weight excluding hydrogens is 332 g/mol. The Kier molecular flexibility index (Phi) is 5.16. The van der Waals surface area contributed by atoms with E-state index in [1.54, 1.807) is 6.92 Å². The number of carbonyl (C=O) groups is 2. The minimum absolute atomic E-state index is 0.00334. The van der Waals surface area contributed by atoms with Crippen molar-refractivity contribution >= 4 is 11.8 Å². The van der Waals surface area contributed by atoms with Gasteiger partial charge in [-0.25, -0.2) is 4.79 Å². The zero-order valence-electron chi connectivity index (χ0n) is 16.0. The molecule has 0 bridgehead atoms. The summed E-state index contributed by atoms with van der Waals surface area (Å²) in [5.74, 6) is 0.175. The molecule has 3 heterocycles. The lowest BCUT2D eigenvalue weighted by molar-refractivity contribution is -0.143. The van der Waals surface area contributed by atoms with Gasteiger partial charge in [-0.05, 0) is 46.1 Å². The minimum Gasteiger partial charge on any atom is -0.342 e. The van der Waals surface area contributed by atoms with Crippen molar-refractivity contribution in [2.75, 3.05) is 26.2 Å². The van der Waals surface area contributed by atoms with Gasteiger partial charge >= 0.3 is 5.69 Å². The van der Waals surface area contributed by atoms with Crippen LogP contribution in [0, 0.1) is 19.3 Å². The molecule has 2 aliphatic rings. The van der Waals surface area contributed by atoms with E-state index >= 15 is 0 Å². The van der Waals surface area contributed by atoms with E-state index in [0.717, 1.165) is 38.0 Å². The molecule has 2 amide bonds. The normalized spacial score (nSPS) is 23.6. The Morgan fingerprint density at radius 3 is 2.69 bits per heavy atom. The summed E-state index contributed by atoms with van der Waals surface area (Å²) < 4.78 is 1.44. The number of amides is 2. The van der Waals surface area contributed by atoms with Gasteiger partial charge in [-0.3, -0.25) is 14.2 Å². The Labute approximate surface area is 154 Å². The molecule has 2 saturated heterocycles. The maximum Gasteiger partial charge on any atom is 0.348 e. The molecule has 0 aliphatic carbocycles. The van der Waals surface area contributed by atoms with E-state index in [-0.39, 0.29) is 29.5 Å². The van der Waals surface area contributed by atoms with Crippen LogP contribution in [0.4, 0.5) is 0 Å². The summed E-state index contributed by atoms with van der Waals surface area (Å²) in [7, 11) is 0. The third kappa shape index (κ3) is 3.66. The fourth-order valence-electron chi connectivity index (χ4n) is 4.35. The fourth-order valence-corrected chi connectivity index (χ4v) is 4.35. The van der Waals surface area contributed by atoms with Crippen LogP contribution < -0.4 is 5.69 Å². The zero-order chi connectivity index (χ0) is 18.9. The Balaban J connectivity index is 1.73. The van der Waals surface area contributed by atoms with Gasteiger partial charge in [0.1, 0.15) is 6.54 Å². The number of aryl methyl sites for hydroxylation is 2. The van der Waals surface area contributed by atoms with Crippen LogP contribution in [0.15, 0.2) is 10.9 Å². The van der Waals surface area contributed by atoms with E-state index < -0.39 is 0 Å². The molecule has 1 aromatic heterocycles. The van der Waals surface area contributed by atoms with Crippen molar-refractivity contribution in [1.82, 2.24) is 19.4 Å². The first-order valence-electron chi connectivity index (χ1n) is 9.44. The molecule has 26 heavy (non-hydrogen) atoms. The maximum absolute atomic E-state index is 12.9. The number of piperidine rings is 2. The Hall–Kier alpha value is -2.18. The first-order chi connectivity index (χ1) is 12.3. The van der Waals surface area contributed by atoms with Gasteiger partial charge in [0.25, 0.3) is 0 Å². The number of hydrogen-bond donors (Lipinski definition) is 0. The second-order valence-electron chi connectivity index (χ2n) is 7.73. The number of carbonyl (C=O) groups excluding carboxylic acids is 2. The highest BCUT2D eigenvalue weighted by Crippen LogP contribution is 2.38. The molecule has 0 unspecified atom stereocenters. The Bertz CT molecular complexity index is 773. The standard InChI is InChI=1S/C19H28N4O3/c1-4-21-12-19(8-6-16(21)24)7-5-9-22(13-19)17(25)11-23-15(3)10-14(2)20-18(23)26/h10H,4-9,11-13H2,1-3H3/t19-/m0/s1. The molecule has 0 aromatic carbocycles. The van der Waals surface area contributed by atoms with E-state index in [1.165, 1.54) is 4.57 Å². The van der Waals surface area contributed by atoms with E-state index in [0.29, 0.717) is 25.2 Å². The van der Waals surface area contributed by atoms with Gasteiger partial charge in [0.15, 0.2) is 0 Å². The number of rotatable bonds is 3. The molecule has 2 aliphatic heterocycles. The summed E-state index contributed by atoms with van der Waals surface area (Å²) >= 11 is 0. The van der Waals surface area contributed by atoms with E-state index in [2.05, 4.69) is 4.98 Å².